The molecule has 1 heterocycles. The number of aliphatic hydroxyl groups is 5. The summed E-state index contributed by atoms with van der Waals surface area (Å²) >= 11 is 0. The number of imidazole rings is 1. The summed E-state index contributed by atoms with van der Waals surface area (Å²) in [5.41, 5.74) is 0.505. The summed E-state index contributed by atoms with van der Waals surface area (Å²) in [5, 5.41) is 58.3. The van der Waals surface area contributed by atoms with E-state index in [1.165, 1.54) is 12.5 Å². The number of hydrogen-bond acceptors (Lipinski definition) is 8. The SMILES string of the molecule is O=C(O)[C@H](Cc1c[nH]cn1)NCC(O)C(O)C(O)C(O)CO. The number of nitrogens with one attached hydrogen (secondary N) is 2. The van der Waals surface area contributed by atoms with Gasteiger partial charge in [-0.15, -0.1) is 0 Å². The van der Waals surface area contributed by atoms with Crippen molar-refractivity contribution in [3.8, 4) is 0 Å². The fraction of sp³-hybridized carbons (Fsp3) is 0.667. The first-order chi connectivity index (χ1) is 10.4. The molecule has 0 amide bonds. The standard InChI is InChI=1S/C12H21N3O7/c16-4-9(18)11(20)10(19)8(17)3-14-7(12(21)22)1-6-2-13-5-15-6/h2,5,7-11,14,16-20H,1,3-4H2,(H,13,15)(H,21,22)/t7-,8?,9?,10?,11?/m0/s1. The largest absolute Gasteiger partial charge is 0.480 e. The van der Waals surface area contributed by atoms with Crippen LogP contribution in [0.3, 0.4) is 0 Å². The Kier molecular flexibility index (Phi) is 7.38. The van der Waals surface area contributed by atoms with Crippen LogP contribution in [-0.2, 0) is 11.2 Å². The molecule has 8 N–H and O–H groups in total. The minimum atomic E-state index is -1.75. The van der Waals surface area contributed by atoms with E-state index in [0.29, 0.717) is 5.69 Å². The van der Waals surface area contributed by atoms with Crippen molar-refractivity contribution in [2.45, 2.75) is 36.9 Å². The minimum Gasteiger partial charge on any atom is -0.480 e. The molecule has 10 nitrogen and oxygen atoms in total. The smallest absolute Gasteiger partial charge is 0.321 e. The number of aromatic amines is 1. The Bertz CT molecular complexity index is 442. The number of H-pyrrole nitrogens is 1. The van der Waals surface area contributed by atoms with Crippen LogP contribution in [0, 0.1) is 0 Å². The van der Waals surface area contributed by atoms with Crippen LogP contribution in [0.1, 0.15) is 5.69 Å². The third-order valence-electron chi connectivity index (χ3n) is 3.17. The lowest BCUT2D eigenvalue weighted by Crippen LogP contribution is -2.51. The van der Waals surface area contributed by atoms with Crippen molar-refractivity contribution in [3.63, 3.8) is 0 Å². The minimum absolute atomic E-state index is 0.0590. The Morgan fingerprint density at radius 1 is 1.23 bits per heavy atom. The molecule has 1 rings (SSSR count). The van der Waals surface area contributed by atoms with E-state index in [4.69, 9.17) is 10.2 Å². The van der Waals surface area contributed by atoms with E-state index >= 15 is 0 Å². The number of aliphatic hydroxyl groups excluding tert-OH is 5. The van der Waals surface area contributed by atoms with Gasteiger partial charge in [-0.3, -0.25) is 4.79 Å². The Labute approximate surface area is 126 Å². The number of rotatable bonds is 10. The predicted octanol–water partition coefficient (Wildman–Crippen LogP) is -3.57. The van der Waals surface area contributed by atoms with Gasteiger partial charge in [0.2, 0.25) is 0 Å². The molecule has 0 saturated carbocycles. The van der Waals surface area contributed by atoms with Gasteiger partial charge < -0.3 is 40.9 Å². The highest BCUT2D eigenvalue weighted by molar-refractivity contribution is 5.73. The summed E-state index contributed by atoms with van der Waals surface area (Å²) < 4.78 is 0. The van der Waals surface area contributed by atoms with E-state index in [0.717, 1.165) is 0 Å². The summed E-state index contributed by atoms with van der Waals surface area (Å²) in [7, 11) is 0. The topological polar surface area (TPSA) is 179 Å². The normalized spacial score (nSPS) is 18.4. The molecule has 0 aromatic carbocycles. The maximum Gasteiger partial charge on any atom is 0.321 e. The molecule has 1 aromatic rings. The fourth-order valence-electron chi connectivity index (χ4n) is 1.81. The lowest BCUT2D eigenvalue weighted by atomic mass is 10.0. The van der Waals surface area contributed by atoms with Crippen LogP contribution >= 0.6 is 0 Å². The molecule has 0 radical (unpaired) electrons. The third kappa shape index (κ3) is 5.33. The summed E-state index contributed by atoms with van der Waals surface area (Å²) in [6, 6.07) is -1.05. The van der Waals surface area contributed by atoms with Crippen LogP contribution in [0.5, 0.6) is 0 Å². The predicted molar refractivity (Wildman–Crippen MR) is 72.8 cm³/mol. The van der Waals surface area contributed by atoms with Crippen LogP contribution in [0.25, 0.3) is 0 Å². The van der Waals surface area contributed by atoms with E-state index in [2.05, 4.69) is 15.3 Å². The molecule has 5 atom stereocenters. The van der Waals surface area contributed by atoms with Crippen molar-refractivity contribution < 1.29 is 35.4 Å². The number of carbonyl (C=O) groups is 1. The van der Waals surface area contributed by atoms with Gasteiger partial charge >= 0.3 is 5.97 Å². The third-order valence-corrected chi connectivity index (χ3v) is 3.17. The lowest BCUT2D eigenvalue weighted by molar-refractivity contribution is -0.140. The molecule has 0 aliphatic rings. The number of nitrogens with zero attached hydrogens (tertiary/aromatic N) is 1. The summed E-state index contributed by atoms with van der Waals surface area (Å²) in [6.45, 7) is -1.12. The molecule has 0 fully saturated rings. The monoisotopic (exact) mass is 319 g/mol. The summed E-state index contributed by atoms with van der Waals surface area (Å²) in [5.74, 6) is -1.17. The average molecular weight is 319 g/mol. The molecule has 126 valence electrons. The van der Waals surface area contributed by atoms with Gasteiger partial charge in [0.25, 0.3) is 0 Å². The number of aliphatic carboxylic acids is 1. The molecule has 0 aliphatic heterocycles. The summed E-state index contributed by atoms with van der Waals surface area (Å²) in [6.07, 6.45) is -3.64. The lowest BCUT2D eigenvalue weighted by Gasteiger charge is -2.26. The Balaban J connectivity index is 2.51. The zero-order chi connectivity index (χ0) is 16.7. The molecule has 0 aliphatic carbocycles. The van der Waals surface area contributed by atoms with Gasteiger partial charge in [0.05, 0.1) is 24.7 Å². The van der Waals surface area contributed by atoms with Gasteiger partial charge in [-0.2, -0.15) is 0 Å². The van der Waals surface area contributed by atoms with E-state index < -0.39 is 43.0 Å². The van der Waals surface area contributed by atoms with Crippen molar-refractivity contribution >= 4 is 5.97 Å². The van der Waals surface area contributed by atoms with Crippen LogP contribution in [0.2, 0.25) is 0 Å². The molecular formula is C12H21N3O7. The molecule has 10 heteroatoms. The first-order valence-corrected chi connectivity index (χ1v) is 6.63. The number of aromatic nitrogens is 2. The highest BCUT2D eigenvalue weighted by Crippen LogP contribution is 2.05. The second-order valence-corrected chi connectivity index (χ2v) is 4.86. The Morgan fingerprint density at radius 3 is 2.36 bits per heavy atom. The Morgan fingerprint density at radius 2 is 1.86 bits per heavy atom. The highest BCUT2D eigenvalue weighted by Gasteiger charge is 2.30. The highest BCUT2D eigenvalue weighted by atomic mass is 16.4. The van der Waals surface area contributed by atoms with Crippen molar-refractivity contribution in [2.75, 3.05) is 13.2 Å². The number of carboxylic acid groups (broad SMARTS) is 1. The first-order valence-electron chi connectivity index (χ1n) is 6.63. The van der Waals surface area contributed by atoms with Crippen molar-refractivity contribution in [2.24, 2.45) is 0 Å². The first kappa shape index (κ1) is 18.5. The van der Waals surface area contributed by atoms with Crippen LogP contribution in [-0.4, -0.2) is 90.2 Å². The van der Waals surface area contributed by atoms with E-state index in [1.807, 2.05) is 0 Å². The molecule has 0 spiro atoms. The van der Waals surface area contributed by atoms with Gasteiger partial charge in [0.1, 0.15) is 24.4 Å². The number of carboxylic acids is 1. The van der Waals surface area contributed by atoms with Crippen LogP contribution < -0.4 is 5.32 Å². The van der Waals surface area contributed by atoms with Gasteiger partial charge in [0, 0.05) is 19.2 Å². The van der Waals surface area contributed by atoms with Gasteiger partial charge in [0.15, 0.2) is 0 Å². The second-order valence-electron chi connectivity index (χ2n) is 4.86. The zero-order valence-corrected chi connectivity index (χ0v) is 11.7. The molecule has 0 saturated heterocycles. The maximum atomic E-state index is 11.1. The van der Waals surface area contributed by atoms with Crippen molar-refractivity contribution in [1.29, 1.82) is 0 Å². The van der Waals surface area contributed by atoms with Gasteiger partial charge in [-0.25, -0.2) is 4.98 Å². The average Bonchev–Trinajstić information content (AvgIpc) is 3.01. The fourth-order valence-corrected chi connectivity index (χ4v) is 1.81. The second kappa shape index (κ2) is 8.78. The van der Waals surface area contributed by atoms with Crippen LogP contribution in [0.15, 0.2) is 12.5 Å². The van der Waals surface area contributed by atoms with Gasteiger partial charge in [-0.1, -0.05) is 0 Å². The maximum absolute atomic E-state index is 11.1. The Hall–Kier alpha value is -1.56. The van der Waals surface area contributed by atoms with Crippen LogP contribution in [0.4, 0.5) is 0 Å². The zero-order valence-electron chi connectivity index (χ0n) is 11.7. The van der Waals surface area contributed by atoms with Crippen molar-refractivity contribution in [1.82, 2.24) is 15.3 Å². The van der Waals surface area contributed by atoms with E-state index in [-0.39, 0.29) is 13.0 Å². The quantitative estimate of drug-likeness (QED) is 0.216. The molecule has 0 bridgehead atoms. The molecular weight excluding hydrogens is 298 g/mol. The molecule has 1 aromatic heterocycles. The summed E-state index contributed by atoms with van der Waals surface area (Å²) in [4.78, 5) is 17.7. The van der Waals surface area contributed by atoms with E-state index in [1.54, 1.807) is 0 Å². The van der Waals surface area contributed by atoms with Crippen molar-refractivity contribution in [3.05, 3.63) is 18.2 Å². The number of hydrogen-bond donors (Lipinski definition) is 8. The van der Waals surface area contributed by atoms with Gasteiger partial charge in [-0.05, 0) is 0 Å². The molecule has 4 unspecified atom stereocenters. The molecule has 22 heavy (non-hydrogen) atoms. The van der Waals surface area contributed by atoms with E-state index in [9.17, 15) is 25.2 Å².